The molecular formula is C13H6F6INO. The summed E-state index contributed by atoms with van der Waals surface area (Å²) in [6, 6.07) is 5.54. The van der Waals surface area contributed by atoms with Crippen LogP contribution in [-0.4, -0.2) is 11.3 Å². The number of rotatable bonds is 2. The quantitative estimate of drug-likeness (QED) is 0.366. The molecular weight excluding hydrogens is 427 g/mol. The van der Waals surface area contributed by atoms with Gasteiger partial charge in [-0.1, -0.05) is 12.1 Å². The number of aromatic nitrogens is 1. The first-order valence-electron chi connectivity index (χ1n) is 5.65. The first-order valence-corrected chi connectivity index (χ1v) is 6.73. The van der Waals surface area contributed by atoms with Crippen LogP contribution in [0.4, 0.5) is 26.3 Å². The Hall–Kier alpha value is -1.52. The monoisotopic (exact) mass is 433 g/mol. The number of halogens is 7. The number of hydrogen-bond acceptors (Lipinski definition) is 2. The van der Waals surface area contributed by atoms with Crippen LogP contribution in [0.15, 0.2) is 36.5 Å². The Morgan fingerprint density at radius 2 is 1.68 bits per heavy atom. The van der Waals surface area contributed by atoms with Crippen LogP contribution in [-0.2, 0) is 6.18 Å². The summed E-state index contributed by atoms with van der Waals surface area (Å²) in [6.45, 7) is 0. The first kappa shape index (κ1) is 16.8. The summed E-state index contributed by atoms with van der Waals surface area (Å²) in [5.74, 6) is -0.516. The minimum atomic E-state index is -4.88. The number of ether oxygens (including phenoxy) is 1. The highest BCUT2D eigenvalue weighted by Crippen LogP contribution is 2.35. The van der Waals surface area contributed by atoms with Crippen molar-refractivity contribution in [1.29, 1.82) is 0 Å². The molecule has 9 heteroatoms. The molecule has 0 N–H and O–H groups in total. The highest BCUT2D eigenvalue weighted by atomic mass is 127. The first-order chi connectivity index (χ1) is 10.1. The molecule has 0 unspecified atom stereocenters. The molecule has 1 aromatic heterocycles. The van der Waals surface area contributed by atoms with Gasteiger partial charge in [0, 0.05) is 11.8 Å². The summed E-state index contributed by atoms with van der Waals surface area (Å²) in [5, 5.41) is 0. The SMILES string of the molecule is FC(F)(F)Oc1cccc(-c2cc(C(F)(F)F)cnc2I)c1. The molecule has 1 aromatic carbocycles. The van der Waals surface area contributed by atoms with Crippen molar-refractivity contribution in [2.75, 3.05) is 0 Å². The maximum atomic E-state index is 12.7. The zero-order chi connectivity index (χ0) is 16.5. The molecule has 0 amide bonds. The van der Waals surface area contributed by atoms with Crippen molar-refractivity contribution in [3.63, 3.8) is 0 Å². The number of pyridine rings is 1. The van der Waals surface area contributed by atoms with Crippen LogP contribution in [0.3, 0.4) is 0 Å². The Morgan fingerprint density at radius 1 is 1.00 bits per heavy atom. The Bertz CT molecular complexity index is 683. The van der Waals surface area contributed by atoms with Crippen LogP contribution >= 0.6 is 22.6 Å². The number of alkyl halides is 6. The third kappa shape index (κ3) is 4.24. The molecule has 22 heavy (non-hydrogen) atoms. The average molecular weight is 433 g/mol. The van der Waals surface area contributed by atoms with Crippen LogP contribution in [0.2, 0.25) is 0 Å². The lowest BCUT2D eigenvalue weighted by atomic mass is 10.1. The van der Waals surface area contributed by atoms with Gasteiger partial charge in [0.25, 0.3) is 0 Å². The Morgan fingerprint density at radius 3 is 2.27 bits per heavy atom. The number of benzene rings is 1. The van der Waals surface area contributed by atoms with Gasteiger partial charge in [-0.15, -0.1) is 13.2 Å². The van der Waals surface area contributed by atoms with Crippen LogP contribution in [0.5, 0.6) is 5.75 Å². The maximum absolute atomic E-state index is 12.7. The number of hydrogen-bond donors (Lipinski definition) is 0. The summed E-state index contributed by atoms with van der Waals surface area (Å²) in [7, 11) is 0. The van der Waals surface area contributed by atoms with E-state index in [4.69, 9.17) is 0 Å². The zero-order valence-electron chi connectivity index (χ0n) is 10.5. The van der Waals surface area contributed by atoms with Gasteiger partial charge < -0.3 is 4.74 Å². The van der Waals surface area contributed by atoms with Crippen molar-refractivity contribution in [3.05, 3.63) is 45.8 Å². The molecule has 2 nitrogen and oxygen atoms in total. The van der Waals surface area contributed by atoms with E-state index in [0.717, 1.165) is 18.2 Å². The van der Waals surface area contributed by atoms with E-state index in [2.05, 4.69) is 9.72 Å². The highest BCUT2D eigenvalue weighted by molar-refractivity contribution is 14.1. The Balaban J connectivity index is 2.46. The fourth-order valence-corrected chi connectivity index (χ4v) is 2.27. The molecule has 0 atom stereocenters. The molecule has 0 aliphatic heterocycles. The predicted molar refractivity (Wildman–Crippen MR) is 74.1 cm³/mol. The smallest absolute Gasteiger partial charge is 0.406 e. The lowest BCUT2D eigenvalue weighted by Crippen LogP contribution is -2.17. The summed E-state index contributed by atoms with van der Waals surface area (Å²) >= 11 is 1.71. The molecule has 0 aliphatic carbocycles. The normalized spacial score (nSPS) is 12.3. The zero-order valence-corrected chi connectivity index (χ0v) is 12.6. The lowest BCUT2D eigenvalue weighted by Gasteiger charge is -2.12. The van der Waals surface area contributed by atoms with Crippen molar-refractivity contribution in [1.82, 2.24) is 4.98 Å². The van der Waals surface area contributed by atoms with E-state index in [1.807, 2.05) is 0 Å². The van der Waals surface area contributed by atoms with E-state index >= 15 is 0 Å². The van der Waals surface area contributed by atoms with E-state index in [1.165, 1.54) is 12.1 Å². The fourth-order valence-electron chi connectivity index (χ4n) is 1.67. The molecule has 0 spiro atoms. The van der Waals surface area contributed by atoms with Gasteiger partial charge in [-0.2, -0.15) is 13.2 Å². The van der Waals surface area contributed by atoms with E-state index in [1.54, 1.807) is 22.6 Å². The second-order valence-electron chi connectivity index (χ2n) is 4.14. The van der Waals surface area contributed by atoms with Gasteiger partial charge in [0.1, 0.15) is 9.45 Å². The molecule has 2 rings (SSSR count). The molecule has 0 radical (unpaired) electrons. The van der Waals surface area contributed by atoms with Crippen molar-refractivity contribution >= 4 is 22.6 Å². The van der Waals surface area contributed by atoms with Gasteiger partial charge in [0.05, 0.1) is 5.56 Å². The molecule has 0 saturated carbocycles. The van der Waals surface area contributed by atoms with Crippen molar-refractivity contribution in [2.24, 2.45) is 0 Å². The lowest BCUT2D eigenvalue weighted by molar-refractivity contribution is -0.274. The molecule has 0 aliphatic rings. The minimum absolute atomic E-state index is 0.0723. The second kappa shape index (κ2) is 5.94. The van der Waals surface area contributed by atoms with Gasteiger partial charge >= 0.3 is 12.5 Å². The fraction of sp³-hybridized carbons (Fsp3) is 0.154. The minimum Gasteiger partial charge on any atom is -0.406 e. The van der Waals surface area contributed by atoms with Crippen molar-refractivity contribution in [2.45, 2.75) is 12.5 Å². The summed E-state index contributed by atoms with van der Waals surface area (Å²) in [4.78, 5) is 3.63. The van der Waals surface area contributed by atoms with Gasteiger partial charge in [-0.05, 0) is 46.4 Å². The number of nitrogens with zero attached hydrogens (tertiary/aromatic N) is 1. The maximum Gasteiger partial charge on any atom is 0.573 e. The predicted octanol–water partition coefficient (Wildman–Crippen LogP) is 5.27. The molecule has 2 aromatic rings. The average Bonchev–Trinajstić information content (AvgIpc) is 2.36. The van der Waals surface area contributed by atoms with Crippen LogP contribution in [0.25, 0.3) is 11.1 Å². The largest absolute Gasteiger partial charge is 0.573 e. The van der Waals surface area contributed by atoms with Crippen LogP contribution in [0, 0.1) is 3.70 Å². The molecule has 0 fully saturated rings. The van der Waals surface area contributed by atoms with E-state index in [9.17, 15) is 26.3 Å². The highest BCUT2D eigenvalue weighted by Gasteiger charge is 2.32. The summed E-state index contributed by atoms with van der Waals surface area (Å²) < 4.78 is 78.7. The van der Waals surface area contributed by atoms with Crippen LogP contribution in [0.1, 0.15) is 5.56 Å². The topological polar surface area (TPSA) is 22.1 Å². The molecule has 118 valence electrons. The molecule has 0 bridgehead atoms. The Kier molecular flexibility index (Phi) is 4.54. The van der Waals surface area contributed by atoms with E-state index in [0.29, 0.717) is 6.20 Å². The van der Waals surface area contributed by atoms with Gasteiger partial charge in [-0.25, -0.2) is 4.98 Å². The molecule has 1 heterocycles. The van der Waals surface area contributed by atoms with Crippen LogP contribution < -0.4 is 4.74 Å². The second-order valence-corrected chi connectivity index (χ2v) is 5.16. The summed E-state index contributed by atoms with van der Waals surface area (Å²) in [5.41, 5.74) is -0.766. The third-order valence-corrected chi connectivity index (χ3v) is 3.40. The van der Waals surface area contributed by atoms with Gasteiger partial charge in [0.2, 0.25) is 0 Å². The van der Waals surface area contributed by atoms with E-state index in [-0.39, 0.29) is 14.8 Å². The summed E-state index contributed by atoms with van der Waals surface area (Å²) in [6.07, 6.45) is -8.80. The Labute approximate surface area is 134 Å². The van der Waals surface area contributed by atoms with Gasteiger partial charge in [0.15, 0.2) is 0 Å². The van der Waals surface area contributed by atoms with E-state index < -0.39 is 23.9 Å². The van der Waals surface area contributed by atoms with Gasteiger partial charge in [-0.3, -0.25) is 0 Å². The third-order valence-electron chi connectivity index (χ3n) is 2.55. The molecule has 0 saturated heterocycles. The standard InChI is InChI=1S/C13H6F6INO/c14-12(15,16)8-5-10(11(20)21-6-8)7-2-1-3-9(4-7)22-13(17,18)19/h1-6H. The van der Waals surface area contributed by atoms with Crippen molar-refractivity contribution in [3.8, 4) is 16.9 Å². The van der Waals surface area contributed by atoms with Crippen molar-refractivity contribution < 1.29 is 31.1 Å².